The molecule has 1 unspecified atom stereocenters. The van der Waals surface area contributed by atoms with Gasteiger partial charge in [-0.2, -0.15) is 4.31 Å². The summed E-state index contributed by atoms with van der Waals surface area (Å²) in [4.78, 5) is 68.1. The van der Waals surface area contributed by atoms with Crippen molar-refractivity contribution in [2.24, 2.45) is 40.2 Å². The van der Waals surface area contributed by atoms with E-state index in [4.69, 9.17) is 5.73 Å². The summed E-state index contributed by atoms with van der Waals surface area (Å²) in [5.74, 6) is -3.29. The molecule has 49 heavy (non-hydrogen) atoms. The van der Waals surface area contributed by atoms with Crippen molar-refractivity contribution >= 4 is 39.6 Å². The van der Waals surface area contributed by atoms with Gasteiger partial charge in [0.1, 0.15) is 18.1 Å². The van der Waals surface area contributed by atoms with Crippen molar-refractivity contribution in [2.45, 2.75) is 103 Å². The van der Waals surface area contributed by atoms with E-state index in [-0.39, 0.29) is 40.5 Å². The summed E-state index contributed by atoms with van der Waals surface area (Å²) in [6, 6.07) is 3.88. The molecule has 0 aromatic heterocycles. The number of benzene rings is 1. The first kappa shape index (κ1) is 38.3. The summed E-state index contributed by atoms with van der Waals surface area (Å²) >= 11 is 0. The Morgan fingerprint density at radius 2 is 1.65 bits per heavy atom. The summed E-state index contributed by atoms with van der Waals surface area (Å²) in [6.45, 7) is 13.7. The van der Waals surface area contributed by atoms with E-state index in [9.17, 15) is 32.4 Å². The number of sulfonamides is 1. The number of likely N-dealkylation sites (tertiary alicyclic amines) is 1. The lowest BCUT2D eigenvalue weighted by Crippen LogP contribution is -2.63. The van der Waals surface area contributed by atoms with Crippen LogP contribution in [0.2, 0.25) is 0 Å². The van der Waals surface area contributed by atoms with Crippen LogP contribution in [0.15, 0.2) is 35.2 Å². The number of piperidine rings is 1. The van der Waals surface area contributed by atoms with Crippen molar-refractivity contribution in [3.8, 4) is 0 Å². The Balaban J connectivity index is 1.52. The van der Waals surface area contributed by atoms with E-state index in [0.29, 0.717) is 25.8 Å². The van der Waals surface area contributed by atoms with Crippen molar-refractivity contribution in [3.63, 3.8) is 0 Å². The maximum atomic E-state index is 14.4. The van der Waals surface area contributed by atoms with Gasteiger partial charge in [0.05, 0.1) is 4.90 Å². The Morgan fingerprint density at radius 3 is 2.16 bits per heavy atom. The molecule has 1 aromatic rings. The summed E-state index contributed by atoms with van der Waals surface area (Å²) in [5.41, 5.74) is 4.34. The average Bonchev–Trinajstić information content (AvgIpc) is 3.32. The molecule has 2 saturated carbocycles. The molecule has 0 bridgehead atoms. The first-order chi connectivity index (χ1) is 22.7. The van der Waals surface area contributed by atoms with Gasteiger partial charge in [-0.15, -0.1) is 0 Å². The molecule has 5 amide bonds. The van der Waals surface area contributed by atoms with Gasteiger partial charge in [0, 0.05) is 26.2 Å². The minimum Gasteiger partial charge on any atom is -0.363 e. The first-order valence-electron chi connectivity index (χ1n) is 17.3. The highest BCUT2D eigenvalue weighted by molar-refractivity contribution is 7.89. The van der Waals surface area contributed by atoms with E-state index >= 15 is 0 Å². The third-order valence-corrected chi connectivity index (χ3v) is 13.0. The number of urea groups is 1. The number of nitrogens with zero attached hydrogens (tertiary/aromatic N) is 2. The Kier molecular flexibility index (Phi) is 11.2. The minimum atomic E-state index is -3.81. The molecule has 1 heterocycles. The highest BCUT2D eigenvalue weighted by Crippen LogP contribution is 2.65. The van der Waals surface area contributed by atoms with Gasteiger partial charge in [0.25, 0.3) is 5.91 Å². The molecule has 0 radical (unpaired) electrons. The fourth-order valence-electron chi connectivity index (χ4n) is 7.33. The molecule has 1 saturated heterocycles. The van der Waals surface area contributed by atoms with E-state index < -0.39 is 69.1 Å². The molecule has 1 aromatic carbocycles. The van der Waals surface area contributed by atoms with Gasteiger partial charge in [-0.25, -0.2) is 13.2 Å². The van der Waals surface area contributed by atoms with Crippen molar-refractivity contribution in [1.82, 2.24) is 25.2 Å². The van der Waals surface area contributed by atoms with Crippen LogP contribution in [-0.4, -0.2) is 91.5 Å². The third kappa shape index (κ3) is 7.95. The van der Waals surface area contributed by atoms with Crippen LogP contribution in [0, 0.1) is 34.5 Å². The van der Waals surface area contributed by atoms with Crippen LogP contribution in [-0.2, 0) is 29.2 Å². The largest absolute Gasteiger partial charge is 0.363 e. The quantitative estimate of drug-likeness (QED) is 0.214. The Labute approximate surface area is 290 Å². The number of fused-ring (bicyclic) bond motifs is 1. The zero-order chi connectivity index (χ0) is 36.6. The van der Waals surface area contributed by atoms with Gasteiger partial charge in [-0.1, -0.05) is 79.5 Å². The van der Waals surface area contributed by atoms with Gasteiger partial charge in [-0.3, -0.25) is 19.2 Å². The van der Waals surface area contributed by atoms with Gasteiger partial charge in [0.15, 0.2) is 0 Å². The summed E-state index contributed by atoms with van der Waals surface area (Å²) < 4.78 is 27.7. The number of likely N-dealkylation sites (N-methyl/N-ethyl adjacent to an activating group) is 1. The molecule has 3 aliphatic rings. The van der Waals surface area contributed by atoms with Crippen LogP contribution in [0.3, 0.4) is 0 Å². The molecule has 1 aliphatic heterocycles. The summed E-state index contributed by atoms with van der Waals surface area (Å²) in [6.07, 6.45) is 2.92. The second-order valence-electron chi connectivity index (χ2n) is 15.8. The van der Waals surface area contributed by atoms with Crippen molar-refractivity contribution in [1.29, 1.82) is 0 Å². The number of nitrogens with two attached hydrogens (primary N) is 1. The second-order valence-corrected chi connectivity index (χ2v) is 17.8. The molecule has 13 nitrogen and oxygen atoms in total. The third-order valence-electron chi connectivity index (χ3n) is 11.1. The van der Waals surface area contributed by atoms with Crippen LogP contribution in [0.5, 0.6) is 0 Å². The monoisotopic (exact) mass is 702 g/mol. The standard InChI is InChI=1S/C35H54N6O7S/c1-9-20(2)24(19-40(8)49(47,48)22-16-11-10-12-17-22)37-33(46)39-29(34(3,4)5)32(45)41-18-23-25(35(23,6)7)27(41)31(44)38-26(21-14-13-15-21)28(42)30(36)43/h10-12,16-17,20-21,23-27,29H,9,13-15,18-19H2,1-8H3,(H2,36,43)(H,38,44)(H2,37,39,46)/t20-,23-,24+,25-,26?,27-,29+/m0/s1. The van der Waals surface area contributed by atoms with E-state index in [1.165, 1.54) is 28.4 Å². The maximum absolute atomic E-state index is 14.4. The van der Waals surface area contributed by atoms with Crippen LogP contribution in [0.1, 0.15) is 74.1 Å². The Morgan fingerprint density at radius 1 is 1.04 bits per heavy atom. The Bertz CT molecular complexity index is 1540. The number of carbonyl (C=O) groups excluding carboxylic acids is 5. The predicted molar refractivity (Wildman–Crippen MR) is 184 cm³/mol. The molecule has 4 rings (SSSR count). The van der Waals surface area contributed by atoms with Crippen molar-refractivity contribution in [3.05, 3.63) is 30.3 Å². The highest BCUT2D eigenvalue weighted by Gasteiger charge is 2.70. The molecule has 5 N–H and O–H groups in total. The molecule has 3 fully saturated rings. The van der Waals surface area contributed by atoms with Gasteiger partial charge in [-0.05, 0) is 59.5 Å². The van der Waals surface area contributed by atoms with Crippen LogP contribution in [0.4, 0.5) is 4.79 Å². The zero-order valence-corrected chi connectivity index (χ0v) is 30.8. The minimum absolute atomic E-state index is 0.00673. The molecule has 2 aliphatic carbocycles. The SMILES string of the molecule is CC[C@H](C)[C@@H](CN(C)S(=O)(=O)c1ccccc1)NC(=O)N[C@H](C(=O)N1C[C@H]2[C@@H]([C@H]1C(=O)NC(C(=O)C(N)=O)C1CCC1)C2(C)C)C(C)(C)C. The second kappa shape index (κ2) is 14.4. The predicted octanol–water partition coefficient (Wildman–Crippen LogP) is 2.26. The lowest BCUT2D eigenvalue weighted by molar-refractivity contribution is -0.145. The molecule has 14 heteroatoms. The number of amides is 5. The van der Waals surface area contributed by atoms with Crippen LogP contribution < -0.4 is 21.7 Å². The van der Waals surface area contributed by atoms with Gasteiger partial charge in [0.2, 0.25) is 27.6 Å². The van der Waals surface area contributed by atoms with E-state index in [1.807, 2.05) is 48.5 Å². The normalized spacial score (nSPS) is 24.1. The van der Waals surface area contributed by atoms with E-state index in [2.05, 4.69) is 16.0 Å². The van der Waals surface area contributed by atoms with Gasteiger partial charge >= 0.3 is 6.03 Å². The fourth-order valence-corrected chi connectivity index (χ4v) is 8.55. The smallest absolute Gasteiger partial charge is 0.315 e. The number of carbonyl (C=O) groups is 5. The number of Topliss-reactive ketones (excluding diaryl/α,β-unsaturated/α-hetero) is 1. The van der Waals surface area contributed by atoms with E-state index in [0.717, 1.165) is 6.42 Å². The number of hydrogen-bond acceptors (Lipinski definition) is 7. The highest BCUT2D eigenvalue weighted by atomic mass is 32.2. The molecular weight excluding hydrogens is 648 g/mol. The molecule has 272 valence electrons. The fraction of sp³-hybridized carbons (Fsp3) is 0.686. The van der Waals surface area contributed by atoms with Gasteiger partial charge < -0.3 is 26.6 Å². The van der Waals surface area contributed by atoms with Crippen LogP contribution in [0.25, 0.3) is 0 Å². The molecular formula is C35H54N6O7S. The molecule has 0 spiro atoms. The number of ketones is 1. The lowest BCUT2D eigenvalue weighted by Gasteiger charge is -2.39. The number of primary amides is 1. The lowest BCUT2D eigenvalue weighted by atomic mass is 9.78. The van der Waals surface area contributed by atoms with Crippen LogP contribution >= 0.6 is 0 Å². The zero-order valence-electron chi connectivity index (χ0n) is 30.0. The topological polar surface area (TPSA) is 188 Å². The number of hydrogen-bond donors (Lipinski definition) is 4. The average molecular weight is 703 g/mol. The Hall–Kier alpha value is -3.52. The first-order valence-corrected chi connectivity index (χ1v) is 18.7. The van der Waals surface area contributed by atoms with Crippen molar-refractivity contribution in [2.75, 3.05) is 20.1 Å². The summed E-state index contributed by atoms with van der Waals surface area (Å²) in [7, 11) is -2.34. The van der Waals surface area contributed by atoms with E-state index in [1.54, 1.807) is 18.2 Å². The number of rotatable bonds is 14. The van der Waals surface area contributed by atoms with Crippen molar-refractivity contribution < 1.29 is 32.4 Å². The summed E-state index contributed by atoms with van der Waals surface area (Å²) in [5, 5.41) is 8.56. The number of nitrogens with one attached hydrogen (secondary N) is 3. The maximum Gasteiger partial charge on any atom is 0.315 e. The molecule has 7 atom stereocenters.